The number of carbonyl (C=O) groups excluding carboxylic acids is 1. The third-order valence-electron chi connectivity index (χ3n) is 5.04. The van der Waals surface area contributed by atoms with E-state index in [1.807, 2.05) is 35.2 Å². The van der Waals surface area contributed by atoms with Gasteiger partial charge in [0.15, 0.2) is 0 Å². The minimum atomic E-state index is -0.0325. The van der Waals surface area contributed by atoms with Crippen LogP contribution in [0.15, 0.2) is 42.5 Å². The molecule has 2 heterocycles. The van der Waals surface area contributed by atoms with Crippen LogP contribution in [0.25, 0.3) is 0 Å². The van der Waals surface area contributed by atoms with Gasteiger partial charge in [-0.25, -0.2) is 4.79 Å². The number of nitrogens with one attached hydrogen (secondary N) is 1. The molecule has 0 saturated carbocycles. The highest BCUT2D eigenvalue weighted by atomic mass is 16.5. The van der Waals surface area contributed by atoms with Crippen LogP contribution in [0.4, 0.5) is 10.5 Å². The number of benzene rings is 2. The number of carbonyl (C=O) groups is 1. The van der Waals surface area contributed by atoms with Crippen molar-refractivity contribution < 1.29 is 14.3 Å². The predicted molar refractivity (Wildman–Crippen MR) is 95.9 cm³/mol. The van der Waals surface area contributed by atoms with Crippen LogP contribution in [-0.4, -0.2) is 31.1 Å². The first kappa shape index (κ1) is 16.0. The molecule has 2 aliphatic heterocycles. The second kappa shape index (κ2) is 6.76. The van der Waals surface area contributed by atoms with Crippen molar-refractivity contribution in [2.24, 2.45) is 0 Å². The van der Waals surface area contributed by atoms with E-state index < -0.39 is 0 Å². The number of amides is 2. The van der Waals surface area contributed by atoms with Gasteiger partial charge in [-0.3, -0.25) is 0 Å². The quantitative estimate of drug-likeness (QED) is 0.927. The van der Waals surface area contributed by atoms with Gasteiger partial charge >= 0.3 is 6.03 Å². The Bertz CT molecular complexity index is 773. The first-order chi connectivity index (χ1) is 12.2. The van der Waals surface area contributed by atoms with E-state index >= 15 is 0 Å². The number of anilines is 1. The van der Waals surface area contributed by atoms with E-state index in [0.717, 1.165) is 36.5 Å². The van der Waals surface area contributed by atoms with Gasteiger partial charge in [-0.2, -0.15) is 0 Å². The Labute approximate surface area is 147 Å². The van der Waals surface area contributed by atoms with Crippen LogP contribution in [0.3, 0.4) is 0 Å². The zero-order chi connectivity index (χ0) is 17.2. The van der Waals surface area contributed by atoms with Gasteiger partial charge in [-0.15, -0.1) is 0 Å². The number of methoxy groups -OCH3 is 1. The fraction of sp³-hybridized carbons (Fsp3) is 0.350. The summed E-state index contributed by atoms with van der Waals surface area (Å²) in [5.74, 6) is 1.24. The Kier molecular flexibility index (Phi) is 4.32. The van der Waals surface area contributed by atoms with Crippen molar-refractivity contribution in [1.29, 1.82) is 0 Å². The van der Waals surface area contributed by atoms with Gasteiger partial charge in [0, 0.05) is 24.7 Å². The standard InChI is InChI=1S/C20H22N2O3/c1-24-19-6-3-14(4-7-19)15-8-9-22(11-15)20(23)21-18-5-2-16-12-25-13-17(16)10-18/h2-7,10,15H,8-9,11-13H2,1H3,(H,21,23). The van der Waals surface area contributed by atoms with Crippen molar-refractivity contribution in [3.05, 3.63) is 59.2 Å². The van der Waals surface area contributed by atoms with Gasteiger partial charge < -0.3 is 19.7 Å². The van der Waals surface area contributed by atoms with Gasteiger partial charge in [-0.1, -0.05) is 18.2 Å². The van der Waals surface area contributed by atoms with Crippen LogP contribution in [0.1, 0.15) is 29.0 Å². The molecule has 2 aromatic carbocycles. The Morgan fingerprint density at radius 1 is 1.16 bits per heavy atom. The van der Waals surface area contributed by atoms with E-state index in [4.69, 9.17) is 9.47 Å². The molecule has 0 aromatic heterocycles. The van der Waals surface area contributed by atoms with Gasteiger partial charge in [0.05, 0.1) is 20.3 Å². The average molecular weight is 338 g/mol. The summed E-state index contributed by atoms with van der Waals surface area (Å²) >= 11 is 0. The number of hydrogen-bond acceptors (Lipinski definition) is 3. The number of nitrogens with zero attached hydrogens (tertiary/aromatic N) is 1. The summed E-state index contributed by atoms with van der Waals surface area (Å²) in [6, 6.07) is 14.1. The van der Waals surface area contributed by atoms with Crippen molar-refractivity contribution >= 4 is 11.7 Å². The monoisotopic (exact) mass is 338 g/mol. The van der Waals surface area contributed by atoms with Crippen LogP contribution < -0.4 is 10.1 Å². The highest BCUT2D eigenvalue weighted by Crippen LogP contribution is 2.29. The molecule has 2 aliphatic rings. The van der Waals surface area contributed by atoms with Crippen LogP contribution in [0.2, 0.25) is 0 Å². The molecule has 0 spiro atoms. The van der Waals surface area contributed by atoms with Gasteiger partial charge in [0.1, 0.15) is 5.75 Å². The third kappa shape index (κ3) is 3.33. The van der Waals surface area contributed by atoms with Crippen LogP contribution in [0, 0.1) is 0 Å². The summed E-state index contributed by atoms with van der Waals surface area (Å²) in [6.07, 6.45) is 0.984. The van der Waals surface area contributed by atoms with Gasteiger partial charge in [0.25, 0.3) is 0 Å². The molecule has 0 radical (unpaired) electrons. The number of fused-ring (bicyclic) bond motifs is 1. The van der Waals surface area contributed by atoms with E-state index in [9.17, 15) is 4.79 Å². The van der Waals surface area contributed by atoms with Crippen molar-refractivity contribution in [3.63, 3.8) is 0 Å². The summed E-state index contributed by atoms with van der Waals surface area (Å²) < 4.78 is 10.6. The number of urea groups is 1. The van der Waals surface area contributed by atoms with Crippen LogP contribution in [0.5, 0.6) is 5.75 Å². The van der Waals surface area contributed by atoms with Crippen molar-refractivity contribution in [2.45, 2.75) is 25.6 Å². The normalized spacial score (nSPS) is 18.9. The maximum atomic E-state index is 12.6. The van der Waals surface area contributed by atoms with Crippen molar-refractivity contribution in [1.82, 2.24) is 4.90 Å². The SMILES string of the molecule is COc1ccc(C2CCN(C(=O)Nc3ccc4c(c3)COC4)C2)cc1. The van der Waals surface area contributed by atoms with Crippen LogP contribution >= 0.6 is 0 Å². The number of rotatable bonds is 3. The Balaban J connectivity index is 1.38. The lowest BCUT2D eigenvalue weighted by Gasteiger charge is -2.18. The molecule has 0 aliphatic carbocycles. The zero-order valence-corrected chi connectivity index (χ0v) is 14.3. The summed E-state index contributed by atoms with van der Waals surface area (Å²) in [6.45, 7) is 2.81. The zero-order valence-electron chi connectivity index (χ0n) is 14.3. The topological polar surface area (TPSA) is 50.8 Å². The van der Waals surface area contributed by atoms with Crippen LogP contribution in [-0.2, 0) is 18.0 Å². The second-order valence-corrected chi connectivity index (χ2v) is 6.61. The molecule has 5 nitrogen and oxygen atoms in total. The molecule has 2 aromatic rings. The molecule has 2 amide bonds. The van der Waals surface area contributed by atoms with Gasteiger partial charge in [0.2, 0.25) is 0 Å². The summed E-state index contributed by atoms with van der Waals surface area (Å²) in [4.78, 5) is 14.4. The summed E-state index contributed by atoms with van der Waals surface area (Å²) in [7, 11) is 1.67. The molecule has 1 N–H and O–H groups in total. The van der Waals surface area contributed by atoms with E-state index in [1.165, 1.54) is 11.1 Å². The molecule has 0 bridgehead atoms. The summed E-state index contributed by atoms with van der Waals surface area (Å²) in [5.41, 5.74) is 4.46. The van der Waals surface area contributed by atoms with Crippen molar-refractivity contribution in [2.75, 3.05) is 25.5 Å². The van der Waals surface area contributed by atoms with E-state index in [2.05, 4.69) is 17.4 Å². The lowest BCUT2D eigenvalue weighted by Crippen LogP contribution is -2.32. The largest absolute Gasteiger partial charge is 0.497 e. The molecular formula is C20H22N2O3. The molecule has 130 valence electrons. The molecule has 1 atom stereocenters. The third-order valence-corrected chi connectivity index (χ3v) is 5.04. The fourth-order valence-corrected chi connectivity index (χ4v) is 3.55. The minimum Gasteiger partial charge on any atom is -0.497 e. The predicted octanol–water partition coefficient (Wildman–Crippen LogP) is 3.75. The Hall–Kier alpha value is -2.53. The molecule has 25 heavy (non-hydrogen) atoms. The number of likely N-dealkylation sites (tertiary alicyclic amines) is 1. The second-order valence-electron chi connectivity index (χ2n) is 6.61. The first-order valence-corrected chi connectivity index (χ1v) is 8.62. The lowest BCUT2D eigenvalue weighted by atomic mass is 9.98. The maximum absolute atomic E-state index is 12.6. The number of hydrogen-bond donors (Lipinski definition) is 1. The lowest BCUT2D eigenvalue weighted by molar-refractivity contribution is 0.134. The fourth-order valence-electron chi connectivity index (χ4n) is 3.55. The highest BCUT2D eigenvalue weighted by molar-refractivity contribution is 5.89. The van der Waals surface area contributed by atoms with E-state index in [-0.39, 0.29) is 6.03 Å². The Morgan fingerprint density at radius 3 is 2.76 bits per heavy atom. The molecule has 4 rings (SSSR count). The molecule has 1 unspecified atom stereocenters. The number of ether oxygens (including phenoxy) is 2. The smallest absolute Gasteiger partial charge is 0.321 e. The maximum Gasteiger partial charge on any atom is 0.321 e. The highest BCUT2D eigenvalue weighted by Gasteiger charge is 2.27. The first-order valence-electron chi connectivity index (χ1n) is 8.62. The molecule has 1 saturated heterocycles. The molecular weight excluding hydrogens is 316 g/mol. The van der Waals surface area contributed by atoms with E-state index in [1.54, 1.807) is 7.11 Å². The molecule has 5 heteroatoms. The minimum absolute atomic E-state index is 0.0325. The summed E-state index contributed by atoms with van der Waals surface area (Å²) in [5, 5.41) is 3.02. The van der Waals surface area contributed by atoms with Gasteiger partial charge in [-0.05, 0) is 47.4 Å². The molecule has 1 fully saturated rings. The average Bonchev–Trinajstić information content (AvgIpc) is 3.31. The van der Waals surface area contributed by atoms with E-state index in [0.29, 0.717) is 19.1 Å². The van der Waals surface area contributed by atoms with Crippen molar-refractivity contribution in [3.8, 4) is 5.75 Å². The Morgan fingerprint density at radius 2 is 1.96 bits per heavy atom.